The Hall–Kier alpha value is -3.25. The van der Waals surface area contributed by atoms with E-state index in [0.29, 0.717) is 27.9 Å². The quantitative estimate of drug-likeness (QED) is 0.467. The van der Waals surface area contributed by atoms with Gasteiger partial charge in [0.1, 0.15) is 0 Å². The van der Waals surface area contributed by atoms with Crippen LogP contribution in [0.25, 0.3) is 22.4 Å². The lowest BCUT2D eigenvalue weighted by Gasteiger charge is -2.25. The fourth-order valence-electron chi connectivity index (χ4n) is 3.14. The van der Waals surface area contributed by atoms with Crippen LogP contribution in [0.15, 0.2) is 65.2 Å². The van der Waals surface area contributed by atoms with Gasteiger partial charge in [-0.2, -0.15) is 0 Å². The summed E-state index contributed by atoms with van der Waals surface area (Å²) >= 11 is 6.21. The molecule has 0 unspecified atom stereocenters. The van der Waals surface area contributed by atoms with Gasteiger partial charge in [-0.1, -0.05) is 35.9 Å². The molecule has 0 radical (unpaired) electrons. The molecule has 2 aromatic carbocycles. The molecular formula is C22H19ClN4O2. The third-order valence-corrected chi connectivity index (χ3v) is 4.97. The Balaban J connectivity index is 1.64. The summed E-state index contributed by atoms with van der Waals surface area (Å²) in [6.07, 6.45) is 1.71. The van der Waals surface area contributed by atoms with Crippen LogP contribution >= 0.6 is 11.6 Å². The first-order chi connectivity index (χ1) is 14.0. The molecule has 6 nitrogen and oxygen atoms in total. The van der Waals surface area contributed by atoms with Crippen molar-refractivity contribution in [2.75, 3.05) is 0 Å². The van der Waals surface area contributed by atoms with E-state index < -0.39 is 0 Å². The summed E-state index contributed by atoms with van der Waals surface area (Å²) in [5.74, 6) is 0.563. The van der Waals surface area contributed by atoms with Crippen molar-refractivity contribution >= 4 is 28.4 Å². The number of pyridine rings is 1. The lowest BCUT2D eigenvalue weighted by atomic mass is 10.1. The number of carbonyl (C=O) groups excluding carboxylic acids is 1. The number of fused-ring (bicyclic) bond motifs is 1. The standard InChI is InChI=1S/C22H19ClN4O2/c1-14(2)27(22(28)16-8-5-11-19-15(16)9-6-12-24-19)13-20-25-26-21(29-20)17-7-3-4-10-18(17)23/h3-12,14H,13H2,1-2H3. The number of aromatic nitrogens is 3. The van der Waals surface area contributed by atoms with Crippen LogP contribution in [0.4, 0.5) is 0 Å². The van der Waals surface area contributed by atoms with Crippen LogP contribution in [0.2, 0.25) is 5.02 Å². The Morgan fingerprint density at radius 3 is 2.69 bits per heavy atom. The van der Waals surface area contributed by atoms with E-state index in [1.165, 1.54) is 0 Å². The fourth-order valence-corrected chi connectivity index (χ4v) is 3.36. The van der Waals surface area contributed by atoms with Gasteiger partial charge in [-0.15, -0.1) is 10.2 Å². The molecule has 29 heavy (non-hydrogen) atoms. The molecule has 0 spiro atoms. The van der Waals surface area contributed by atoms with E-state index in [1.807, 2.05) is 62.4 Å². The average Bonchev–Trinajstić information content (AvgIpc) is 3.19. The molecule has 2 heterocycles. The highest BCUT2D eigenvalue weighted by molar-refractivity contribution is 6.33. The van der Waals surface area contributed by atoms with Gasteiger partial charge in [-0.25, -0.2) is 0 Å². The number of benzene rings is 2. The molecule has 0 N–H and O–H groups in total. The summed E-state index contributed by atoms with van der Waals surface area (Å²) in [4.78, 5) is 19.4. The van der Waals surface area contributed by atoms with Gasteiger partial charge in [0, 0.05) is 23.2 Å². The Bertz CT molecular complexity index is 1170. The van der Waals surface area contributed by atoms with Crippen molar-refractivity contribution in [2.45, 2.75) is 26.4 Å². The van der Waals surface area contributed by atoms with Gasteiger partial charge >= 0.3 is 0 Å². The van der Waals surface area contributed by atoms with Crippen LogP contribution in [-0.2, 0) is 6.54 Å². The van der Waals surface area contributed by atoms with Gasteiger partial charge in [0.25, 0.3) is 5.91 Å². The minimum absolute atomic E-state index is 0.0647. The molecule has 0 aliphatic carbocycles. The molecular weight excluding hydrogens is 388 g/mol. The number of hydrogen-bond donors (Lipinski definition) is 0. The van der Waals surface area contributed by atoms with E-state index >= 15 is 0 Å². The van der Waals surface area contributed by atoms with Crippen LogP contribution < -0.4 is 0 Å². The highest BCUT2D eigenvalue weighted by Crippen LogP contribution is 2.27. The highest BCUT2D eigenvalue weighted by Gasteiger charge is 2.23. The van der Waals surface area contributed by atoms with Gasteiger partial charge in [0.15, 0.2) is 0 Å². The van der Waals surface area contributed by atoms with Crippen molar-refractivity contribution < 1.29 is 9.21 Å². The highest BCUT2D eigenvalue weighted by atomic mass is 35.5. The predicted molar refractivity (Wildman–Crippen MR) is 111 cm³/mol. The molecule has 0 aliphatic rings. The summed E-state index contributed by atoms with van der Waals surface area (Å²) in [7, 11) is 0. The maximum absolute atomic E-state index is 13.3. The van der Waals surface area contributed by atoms with Crippen LogP contribution in [0.5, 0.6) is 0 Å². The SMILES string of the molecule is CC(C)N(Cc1nnc(-c2ccccc2Cl)o1)C(=O)c1cccc2ncccc12. The van der Waals surface area contributed by atoms with Gasteiger partial charge in [-0.05, 0) is 44.2 Å². The number of rotatable bonds is 5. The van der Waals surface area contributed by atoms with Gasteiger partial charge in [0.05, 0.1) is 22.6 Å². The fraction of sp³-hybridized carbons (Fsp3) is 0.182. The zero-order chi connectivity index (χ0) is 20.4. The lowest BCUT2D eigenvalue weighted by Crippen LogP contribution is -2.36. The predicted octanol–water partition coefficient (Wildman–Crippen LogP) is 4.99. The van der Waals surface area contributed by atoms with E-state index in [4.69, 9.17) is 16.0 Å². The number of halogens is 1. The van der Waals surface area contributed by atoms with Crippen LogP contribution in [0.3, 0.4) is 0 Å². The third kappa shape index (κ3) is 3.84. The van der Waals surface area contributed by atoms with Crippen LogP contribution in [0.1, 0.15) is 30.1 Å². The first kappa shape index (κ1) is 19.1. The van der Waals surface area contributed by atoms with Crippen LogP contribution in [0, 0.1) is 0 Å². The first-order valence-electron chi connectivity index (χ1n) is 9.26. The molecule has 0 saturated heterocycles. The summed E-state index contributed by atoms with van der Waals surface area (Å²) in [5.41, 5.74) is 2.03. The van der Waals surface area contributed by atoms with Gasteiger partial charge in [0.2, 0.25) is 11.8 Å². The number of amides is 1. The summed E-state index contributed by atoms with van der Waals surface area (Å²) in [5, 5.41) is 9.55. The van der Waals surface area contributed by atoms with E-state index in [-0.39, 0.29) is 18.5 Å². The topological polar surface area (TPSA) is 72.1 Å². The summed E-state index contributed by atoms with van der Waals surface area (Å²) in [6.45, 7) is 4.10. The molecule has 0 fully saturated rings. The van der Waals surface area contributed by atoms with Crippen molar-refractivity contribution in [3.8, 4) is 11.5 Å². The largest absolute Gasteiger partial charge is 0.419 e. The molecule has 146 valence electrons. The van der Waals surface area contributed by atoms with E-state index in [0.717, 1.165) is 10.9 Å². The zero-order valence-electron chi connectivity index (χ0n) is 16.0. The molecule has 0 saturated carbocycles. The third-order valence-electron chi connectivity index (χ3n) is 4.64. The monoisotopic (exact) mass is 406 g/mol. The summed E-state index contributed by atoms with van der Waals surface area (Å²) < 4.78 is 5.79. The van der Waals surface area contributed by atoms with Gasteiger partial charge in [-0.3, -0.25) is 9.78 Å². The Morgan fingerprint density at radius 1 is 1.07 bits per heavy atom. The molecule has 7 heteroatoms. The van der Waals surface area contributed by atoms with Crippen molar-refractivity contribution in [1.82, 2.24) is 20.1 Å². The van der Waals surface area contributed by atoms with E-state index in [9.17, 15) is 4.79 Å². The Labute approximate surface area is 173 Å². The lowest BCUT2D eigenvalue weighted by molar-refractivity contribution is 0.0674. The van der Waals surface area contributed by atoms with Gasteiger partial charge < -0.3 is 9.32 Å². The molecule has 4 aromatic rings. The smallest absolute Gasteiger partial charge is 0.255 e. The second-order valence-electron chi connectivity index (χ2n) is 6.88. The summed E-state index contributed by atoms with van der Waals surface area (Å²) in [6, 6.07) is 16.5. The molecule has 0 bridgehead atoms. The van der Waals surface area contributed by atoms with Crippen LogP contribution in [-0.4, -0.2) is 32.0 Å². The van der Waals surface area contributed by atoms with Crippen molar-refractivity contribution in [1.29, 1.82) is 0 Å². The second kappa shape index (κ2) is 8.01. The maximum Gasteiger partial charge on any atom is 0.255 e. The van der Waals surface area contributed by atoms with Crippen molar-refractivity contribution in [2.24, 2.45) is 0 Å². The number of nitrogens with zero attached hydrogens (tertiary/aromatic N) is 4. The normalized spacial score (nSPS) is 11.2. The molecule has 4 rings (SSSR count). The van der Waals surface area contributed by atoms with Crippen molar-refractivity contribution in [3.05, 3.63) is 77.3 Å². The second-order valence-corrected chi connectivity index (χ2v) is 7.29. The van der Waals surface area contributed by atoms with E-state index in [1.54, 1.807) is 17.2 Å². The number of hydrogen-bond acceptors (Lipinski definition) is 5. The Morgan fingerprint density at radius 2 is 1.90 bits per heavy atom. The molecule has 1 amide bonds. The zero-order valence-corrected chi connectivity index (χ0v) is 16.8. The van der Waals surface area contributed by atoms with Crippen molar-refractivity contribution in [3.63, 3.8) is 0 Å². The Kier molecular flexibility index (Phi) is 5.27. The maximum atomic E-state index is 13.3. The number of carbonyl (C=O) groups is 1. The molecule has 0 aliphatic heterocycles. The molecule has 2 aromatic heterocycles. The first-order valence-corrected chi connectivity index (χ1v) is 9.64. The average molecular weight is 407 g/mol. The van der Waals surface area contributed by atoms with E-state index in [2.05, 4.69) is 15.2 Å². The molecule has 0 atom stereocenters. The minimum atomic E-state index is -0.115. The minimum Gasteiger partial charge on any atom is -0.419 e.